The van der Waals surface area contributed by atoms with Gasteiger partial charge < -0.3 is 10.3 Å². The summed E-state index contributed by atoms with van der Waals surface area (Å²) in [4.78, 5) is 59.9. The van der Waals surface area contributed by atoms with Crippen molar-refractivity contribution in [1.29, 1.82) is 0 Å². The van der Waals surface area contributed by atoms with Crippen LogP contribution in [0.4, 0.5) is 11.9 Å². The van der Waals surface area contributed by atoms with E-state index < -0.39 is 40.8 Å². The van der Waals surface area contributed by atoms with E-state index in [9.17, 15) is 36.0 Å². The minimum Gasteiger partial charge on any atom is -0.369 e. The number of rotatable bonds is 14. The zero-order valence-electron chi connectivity index (χ0n) is 36.3. The number of halogens is 3. The van der Waals surface area contributed by atoms with Gasteiger partial charge in [0.05, 0.1) is 23.6 Å². The first-order chi connectivity index (χ1) is 29.4. The van der Waals surface area contributed by atoms with Gasteiger partial charge in [-0.15, -0.1) is 0 Å². The van der Waals surface area contributed by atoms with Gasteiger partial charge in [-0.1, -0.05) is 74.2 Å². The number of fused-ring (bicyclic) bond motifs is 2. The second-order valence-corrected chi connectivity index (χ2v) is 21.5. The Morgan fingerprint density at radius 2 is 1.02 bits per heavy atom. The van der Waals surface area contributed by atoms with Crippen molar-refractivity contribution in [3.05, 3.63) is 111 Å². The van der Waals surface area contributed by atoms with Gasteiger partial charge in [0.1, 0.15) is 0 Å². The number of imidazole rings is 2. The number of nitrogens with two attached hydrogens (primary N) is 1. The maximum absolute atomic E-state index is 13.3. The van der Waals surface area contributed by atoms with Crippen LogP contribution in [-0.2, 0) is 59.3 Å². The SMILES string of the molecule is CC(C)S(=O)(=O)Cl.CCCCn1c(=O)c2c(nc(N)n2Cc2ccc(Cl)cc2)n(C)c1=O.CCCCn1c(=O)c2c(nc(NS(=O)(=O)C(C)C)n2Cc2ccc(Cl)cc2)n(C)c1=O. The molecule has 23 heteroatoms. The molecule has 18 nitrogen and oxygen atoms in total. The lowest BCUT2D eigenvalue weighted by Gasteiger charge is -2.13. The molecule has 0 aliphatic heterocycles. The fourth-order valence-electron chi connectivity index (χ4n) is 5.97. The average molecular weight is 972 g/mol. The Kier molecular flexibility index (Phi) is 17.1. The van der Waals surface area contributed by atoms with Gasteiger partial charge in [-0.25, -0.2) is 26.4 Å². The summed E-state index contributed by atoms with van der Waals surface area (Å²) in [6.45, 7) is 11.3. The molecule has 0 saturated heterocycles. The molecule has 0 saturated carbocycles. The molecule has 0 aliphatic rings. The zero-order chi connectivity index (χ0) is 47.1. The predicted molar refractivity (Wildman–Crippen MR) is 251 cm³/mol. The molecule has 6 aromatic rings. The third kappa shape index (κ3) is 12.0. The van der Waals surface area contributed by atoms with Gasteiger partial charge in [0.2, 0.25) is 31.0 Å². The average Bonchev–Trinajstić information content (AvgIpc) is 3.74. The van der Waals surface area contributed by atoms with E-state index in [4.69, 9.17) is 39.6 Å². The van der Waals surface area contributed by atoms with Crippen molar-refractivity contribution in [2.45, 2.75) is 104 Å². The highest BCUT2D eigenvalue weighted by atomic mass is 35.7. The van der Waals surface area contributed by atoms with E-state index >= 15 is 0 Å². The number of hydrogen-bond donors (Lipinski definition) is 2. The highest BCUT2D eigenvalue weighted by Gasteiger charge is 2.25. The van der Waals surface area contributed by atoms with Crippen molar-refractivity contribution < 1.29 is 16.8 Å². The number of nitrogen functional groups attached to an aromatic ring is 1. The van der Waals surface area contributed by atoms with Crippen molar-refractivity contribution in [2.24, 2.45) is 14.1 Å². The Labute approximate surface area is 379 Å². The van der Waals surface area contributed by atoms with E-state index in [1.807, 2.05) is 26.0 Å². The summed E-state index contributed by atoms with van der Waals surface area (Å²) in [5, 5.41) is 0.0244. The molecule has 2 aromatic carbocycles. The molecule has 0 atom stereocenters. The molecular formula is C40H53Cl3N10O8S2. The summed E-state index contributed by atoms with van der Waals surface area (Å²) in [5.74, 6) is 0.185. The lowest BCUT2D eigenvalue weighted by molar-refractivity contribution is 0.565. The summed E-state index contributed by atoms with van der Waals surface area (Å²) < 4.78 is 56.0. The molecule has 0 amide bonds. The number of unbranched alkanes of at least 4 members (excludes halogenated alkanes) is 2. The van der Waals surface area contributed by atoms with Crippen LogP contribution >= 0.6 is 33.9 Å². The Morgan fingerprint density at radius 1 is 0.635 bits per heavy atom. The quantitative estimate of drug-likeness (QED) is 0.130. The fourth-order valence-corrected chi connectivity index (χ4v) is 6.87. The van der Waals surface area contributed by atoms with E-state index in [0.717, 1.165) is 30.4 Å². The van der Waals surface area contributed by atoms with E-state index in [-0.39, 0.29) is 47.4 Å². The third-order valence-electron chi connectivity index (χ3n) is 9.89. The summed E-state index contributed by atoms with van der Waals surface area (Å²) in [6, 6.07) is 14.3. The molecule has 344 valence electrons. The summed E-state index contributed by atoms with van der Waals surface area (Å²) >= 11 is 11.9. The molecule has 4 aromatic heterocycles. The Hall–Kier alpha value is -4.89. The van der Waals surface area contributed by atoms with Crippen molar-refractivity contribution in [3.8, 4) is 0 Å². The standard InChI is InChI=1S/C20H26ClN5O4S.C17H20ClN5O2.C3H7ClO2S/c1-5-6-11-25-18(27)16-17(24(4)20(25)28)22-19(23-31(29,30)13(2)3)26(16)12-14-7-9-15(21)10-8-14;1-3-4-9-22-15(24)13-14(21(2)17(22)25)20-16(19)23(13)10-11-5-7-12(18)8-6-11;1-3(2)7(4,5)6/h7-10,13H,5-6,11-12H2,1-4H3,(H,22,23);5-8H,3-4,9-10H2,1-2H3,(H2,19,20);3H,1-2H3. The molecule has 0 aliphatic carbocycles. The molecule has 0 fully saturated rings. The smallest absolute Gasteiger partial charge is 0.332 e. The molecule has 0 radical (unpaired) electrons. The molecule has 4 heterocycles. The van der Waals surface area contributed by atoms with Gasteiger partial charge in [-0.2, -0.15) is 9.97 Å². The third-order valence-corrected chi connectivity index (χ3v) is 14.3. The number of hydrogen-bond acceptors (Lipinski definition) is 11. The predicted octanol–water partition coefficient (Wildman–Crippen LogP) is 5.49. The minimum absolute atomic E-state index is 0.0148. The normalized spacial score (nSPS) is 11.8. The summed E-state index contributed by atoms with van der Waals surface area (Å²) in [7, 11) is 0.964. The molecule has 63 heavy (non-hydrogen) atoms. The molecule has 6 rings (SSSR count). The minimum atomic E-state index is -3.73. The van der Waals surface area contributed by atoms with Gasteiger partial charge in [0, 0.05) is 47.9 Å². The van der Waals surface area contributed by atoms with Gasteiger partial charge in [-0.05, 0) is 75.9 Å². The Bertz CT molecular complexity index is 3040. The summed E-state index contributed by atoms with van der Waals surface area (Å²) in [5.41, 5.74) is 6.97. The first-order valence-corrected chi connectivity index (χ1v) is 24.7. The molecule has 0 bridgehead atoms. The maximum Gasteiger partial charge on any atom is 0.332 e. The topological polar surface area (TPSA) is 230 Å². The van der Waals surface area contributed by atoms with Gasteiger partial charge in [-0.3, -0.25) is 37.1 Å². The van der Waals surface area contributed by atoms with E-state index in [0.29, 0.717) is 40.7 Å². The summed E-state index contributed by atoms with van der Waals surface area (Å²) in [6.07, 6.45) is 3.12. The molecule has 0 unspecified atom stereocenters. The largest absolute Gasteiger partial charge is 0.369 e. The van der Waals surface area contributed by atoms with Crippen LogP contribution in [0.1, 0.15) is 78.4 Å². The van der Waals surface area contributed by atoms with Gasteiger partial charge in [0.15, 0.2) is 22.3 Å². The number of benzene rings is 2. The highest BCUT2D eigenvalue weighted by Crippen LogP contribution is 2.22. The van der Waals surface area contributed by atoms with Crippen LogP contribution in [0.25, 0.3) is 22.3 Å². The van der Waals surface area contributed by atoms with Crippen LogP contribution in [0.5, 0.6) is 0 Å². The molecule has 3 N–H and O–H groups in total. The van der Waals surface area contributed by atoms with Crippen LogP contribution in [0.2, 0.25) is 10.0 Å². The van der Waals surface area contributed by atoms with Gasteiger partial charge >= 0.3 is 11.4 Å². The molecule has 0 spiro atoms. The second kappa shape index (κ2) is 21.2. The van der Waals surface area contributed by atoms with E-state index in [1.54, 1.807) is 61.9 Å². The van der Waals surface area contributed by atoms with Crippen molar-refractivity contribution >= 4 is 87.2 Å². The van der Waals surface area contributed by atoms with Crippen LogP contribution < -0.4 is 33.0 Å². The first-order valence-electron chi connectivity index (χ1n) is 20.0. The number of aryl methyl sites for hydroxylation is 2. The second-order valence-electron chi connectivity index (χ2n) is 15.2. The van der Waals surface area contributed by atoms with Crippen molar-refractivity contribution in [1.82, 2.24) is 37.4 Å². The maximum atomic E-state index is 13.3. The van der Waals surface area contributed by atoms with Crippen molar-refractivity contribution in [3.63, 3.8) is 0 Å². The van der Waals surface area contributed by atoms with E-state index in [1.165, 1.54) is 43.7 Å². The Morgan fingerprint density at radius 3 is 1.40 bits per heavy atom. The van der Waals surface area contributed by atoms with Crippen LogP contribution in [0.3, 0.4) is 0 Å². The van der Waals surface area contributed by atoms with Gasteiger partial charge in [0.25, 0.3) is 11.1 Å². The van der Waals surface area contributed by atoms with Crippen LogP contribution in [-0.4, -0.2) is 64.7 Å². The van der Waals surface area contributed by atoms with Crippen LogP contribution in [0, 0.1) is 0 Å². The lowest BCUT2D eigenvalue weighted by atomic mass is 10.2. The molecular weight excluding hydrogens is 919 g/mol. The lowest BCUT2D eigenvalue weighted by Crippen LogP contribution is -2.39. The number of aromatic nitrogens is 8. The zero-order valence-corrected chi connectivity index (χ0v) is 40.2. The van der Waals surface area contributed by atoms with Crippen molar-refractivity contribution in [2.75, 3.05) is 10.5 Å². The Balaban J connectivity index is 0.000000244. The van der Waals surface area contributed by atoms with E-state index in [2.05, 4.69) is 14.7 Å². The fraction of sp³-hybridized carbons (Fsp3) is 0.450. The number of anilines is 2. The monoisotopic (exact) mass is 970 g/mol. The van der Waals surface area contributed by atoms with Crippen LogP contribution in [0.15, 0.2) is 67.7 Å². The number of nitrogens with one attached hydrogen (secondary N) is 1. The first kappa shape index (κ1) is 50.8. The number of sulfonamides is 1. The highest BCUT2D eigenvalue weighted by molar-refractivity contribution is 8.14. The number of nitrogens with zero attached hydrogens (tertiary/aromatic N) is 8.